The second-order valence-electron chi connectivity index (χ2n) is 2.96. The van der Waals surface area contributed by atoms with Crippen molar-refractivity contribution in [3.8, 4) is 0 Å². The van der Waals surface area contributed by atoms with Crippen LogP contribution in [0.1, 0.15) is 40.0 Å². The van der Waals surface area contributed by atoms with E-state index in [-0.39, 0.29) is 0 Å². The van der Waals surface area contributed by atoms with E-state index in [0.717, 1.165) is 25.0 Å². The lowest BCUT2D eigenvalue weighted by atomic mass is 9.99. The molecule has 12 heavy (non-hydrogen) atoms. The molecule has 70 valence electrons. The number of hydrogen-bond donors (Lipinski definition) is 1. The van der Waals surface area contributed by atoms with Crippen LogP contribution in [-0.2, 0) is 0 Å². The quantitative estimate of drug-likeness (QED) is 0.291. The van der Waals surface area contributed by atoms with Crippen molar-refractivity contribution in [3.63, 3.8) is 0 Å². The van der Waals surface area contributed by atoms with Crippen molar-refractivity contribution >= 4 is 5.71 Å². The fourth-order valence-corrected chi connectivity index (χ4v) is 1.12. The third kappa shape index (κ3) is 4.16. The molecule has 1 unspecified atom stereocenters. The Morgan fingerprint density at radius 1 is 1.42 bits per heavy atom. The van der Waals surface area contributed by atoms with Gasteiger partial charge < -0.3 is 5.21 Å². The summed E-state index contributed by atoms with van der Waals surface area (Å²) in [6, 6.07) is 0. The zero-order valence-corrected chi connectivity index (χ0v) is 8.25. The van der Waals surface area contributed by atoms with Crippen LogP contribution >= 0.6 is 0 Å². The molecule has 1 atom stereocenters. The first-order chi connectivity index (χ1) is 5.76. The minimum absolute atomic E-state index is 0.364. The molecule has 0 amide bonds. The van der Waals surface area contributed by atoms with Crippen LogP contribution in [0.25, 0.3) is 0 Å². The van der Waals surface area contributed by atoms with Gasteiger partial charge in [-0.3, -0.25) is 0 Å². The molecule has 0 aliphatic rings. The fraction of sp³-hybridized carbons (Fsp3) is 0.700. The maximum atomic E-state index is 8.62. The van der Waals surface area contributed by atoms with Crippen molar-refractivity contribution in [3.05, 3.63) is 12.2 Å². The Labute approximate surface area is 75.0 Å². The first-order valence-corrected chi connectivity index (χ1v) is 4.62. The van der Waals surface area contributed by atoms with Crippen molar-refractivity contribution < 1.29 is 5.21 Å². The molecular formula is C10H19NO. The van der Waals surface area contributed by atoms with Gasteiger partial charge in [-0.25, -0.2) is 0 Å². The van der Waals surface area contributed by atoms with Gasteiger partial charge in [0.2, 0.25) is 0 Å². The van der Waals surface area contributed by atoms with Gasteiger partial charge in [0, 0.05) is 5.92 Å². The first-order valence-electron chi connectivity index (χ1n) is 4.62. The summed E-state index contributed by atoms with van der Waals surface area (Å²) in [5, 5.41) is 11.9. The van der Waals surface area contributed by atoms with Crippen LogP contribution in [-0.4, -0.2) is 10.9 Å². The molecule has 1 N–H and O–H groups in total. The van der Waals surface area contributed by atoms with Crippen LogP contribution in [0.4, 0.5) is 0 Å². The smallest absolute Gasteiger partial charge is 0.0599 e. The molecule has 0 saturated carbocycles. The lowest BCUT2D eigenvalue weighted by Crippen LogP contribution is -2.08. The number of nitrogens with zero attached hydrogens (tertiary/aromatic N) is 1. The fourth-order valence-electron chi connectivity index (χ4n) is 1.12. The SMILES string of the molecule is CC/C=C/CC(C)/C(CC)=N\O. The van der Waals surface area contributed by atoms with Gasteiger partial charge in [-0.05, 0) is 19.3 Å². The number of hydrogen-bond acceptors (Lipinski definition) is 2. The molecule has 0 saturated heterocycles. The van der Waals surface area contributed by atoms with Crippen molar-refractivity contribution in [1.29, 1.82) is 0 Å². The van der Waals surface area contributed by atoms with E-state index in [0.29, 0.717) is 5.92 Å². The Morgan fingerprint density at radius 3 is 2.50 bits per heavy atom. The molecule has 0 aromatic rings. The molecule has 0 rings (SSSR count). The molecule has 0 aliphatic carbocycles. The predicted molar refractivity (Wildman–Crippen MR) is 52.7 cm³/mol. The summed E-state index contributed by atoms with van der Waals surface area (Å²) >= 11 is 0. The Hall–Kier alpha value is -0.790. The Morgan fingerprint density at radius 2 is 2.08 bits per heavy atom. The first kappa shape index (κ1) is 11.2. The average molecular weight is 169 g/mol. The van der Waals surface area contributed by atoms with Crippen molar-refractivity contribution in [2.24, 2.45) is 11.1 Å². The summed E-state index contributed by atoms with van der Waals surface area (Å²) in [6.45, 7) is 6.20. The largest absolute Gasteiger partial charge is 0.411 e. The molecule has 2 nitrogen and oxygen atoms in total. The van der Waals surface area contributed by atoms with Crippen LogP contribution in [0.15, 0.2) is 17.3 Å². The van der Waals surface area contributed by atoms with Gasteiger partial charge in [0.25, 0.3) is 0 Å². The number of allylic oxidation sites excluding steroid dienone is 2. The summed E-state index contributed by atoms with van der Waals surface area (Å²) < 4.78 is 0. The van der Waals surface area contributed by atoms with E-state index < -0.39 is 0 Å². The van der Waals surface area contributed by atoms with Gasteiger partial charge in [-0.2, -0.15) is 0 Å². The molecule has 0 bridgehead atoms. The van der Waals surface area contributed by atoms with E-state index in [9.17, 15) is 0 Å². The summed E-state index contributed by atoms with van der Waals surface area (Å²) in [7, 11) is 0. The highest BCUT2D eigenvalue weighted by Crippen LogP contribution is 2.08. The molecule has 0 aliphatic heterocycles. The molecule has 0 heterocycles. The summed E-state index contributed by atoms with van der Waals surface area (Å²) in [5.41, 5.74) is 0.885. The molecule has 0 aromatic heterocycles. The van der Waals surface area contributed by atoms with E-state index in [1.165, 1.54) is 0 Å². The van der Waals surface area contributed by atoms with Crippen LogP contribution in [0.3, 0.4) is 0 Å². The Kier molecular flexibility index (Phi) is 6.44. The maximum absolute atomic E-state index is 8.62. The molecule has 0 fully saturated rings. The minimum atomic E-state index is 0.364. The van der Waals surface area contributed by atoms with E-state index in [1.54, 1.807) is 0 Å². The number of oxime groups is 1. The monoisotopic (exact) mass is 169 g/mol. The van der Waals surface area contributed by atoms with Gasteiger partial charge in [-0.1, -0.05) is 38.1 Å². The summed E-state index contributed by atoms with van der Waals surface area (Å²) in [5.74, 6) is 0.364. The molecule has 0 radical (unpaired) electrons. The third-order valence-electron chi connectivity index (χ3n) is 1.95. The van der Waals surface area contributed by atoms with Crippen molar-refractivity contribution in [2.75, 3.05) is 0 Å². The van der Waals surface area contributed by atoms with E-state index in [2.05, 4.69) is 31.2 Å². The van der Waals surface area contributed by atoms with Gasteiger partial charge in [0.1, 0.15) is 0 Å². The lowest BCUT2D eigenvalue weighted by molar-refractivity contribution is 0.314. The average Bonchev–Trinajstić information content (AvgIpc) is 2.07. The number of rotatable bonds is 5. The Balaban J connectivity index is 3.85. The van der Waals surface area contributed by atoms with Crippen LogP contribution in [0.2, 0.25) is 0 Å². The van der Waals surface area contributed by atoms with E-state index in [4.69, 9.17) is 5.21 Å². The van der Waals surface area contributed by atoms with Gasteiger partial charge in [-0.15, -0.1) is 0 Å². The van der Waals surface area contributed by atoms with Crippen molar-refractivity contribution in [1.82, 2.24) is 0 Å². The van der Waals surface area contributed by atoms with Crippen LogP contribution in [0.5, 0.6) is 0 Å². The second kappa shape index (κ2) is 6.89. The zero-order valence-electron chi connectivity index (χ0n) is 8.25. The van der Waals surface area contributed by atoms with E-state index in [1.807, 2.05) is 6.92 Å². The van der Waals surface area contributed by atoms with Gasteiger partial charge in [0.05, 0.1) is 5.71 Å². The standard InChI is InChI=1S/C10H19NO/c1-4-6-7-8-9(3)10(5-2)11-12/h6-7,9,12H,4-5,8H2,1-3H3/b7-6+,11-10-. The molecular weight excluding hydrogens is 150 g/mol. The normalized spacial score (nSPS) is 15.4. The van der Waals surface area contributed by atoms with Crippen molar-refractivity contribution in [2.45, 2.75) is 40.0 Å². The van der Waals surface area contributed by atoms with Gasteiger partial charge >= 0.3 is 0 Å². The van der Waals surface area contributed by atoms with Crippen LogP contribution < -0.4 is 0 Å². The maximum Gasteiger partial charge on any atom is 0.0599 e. The van der Waals surface area contributed by atoms with Gasteiger partial charge in [0.15, 0.2) is 0 Å². The highest BCUT2D eigenvalue weighted by atomic mass is 16.4. The third-order valence-corrected chi connectivity index (χ3v) is 1.95. The molecule has 0 spiro atoms. The summed E-state index contributed by atoms with van der Waals surface area (Å²) in [4.78, 5) is 0. The van der Waals surface area contributed by atoms with Crippen LogP contribution in [0, 0.1) is 5.92 Å². The molecule has 2 heteroatoms. The predicted octanol–water partition coefficient (Wildman–Crippen LogP) is 3.22. The second-order valence-corrected chi connectivity index (χ2v) is 2.96. The topological polar surface area (TPSA) is 32.6 Å². The minimum Gasteiger partial charge on any atom is -0.411 e. The lowest BCUT2D eigenvalue weighted by Gasteiger charge is -2.07. The molecule has 0 aromatic carbocycles. The summed E-state index contributed by atoms with van der Waals surface area (Å²) in [6.07, 6.45) is 7.16. The highest BCUT2D eigenvalue weighted by molar-refractivity contribution is 5.85. The zero-order chi connectivity index (χ0) is 9.40. The highest BCUT2D eigenvalue weighted by Gasteiger charge is 2.06. The van der Waals surface area contributed by atoms with E-state index >= 15 is 0 Å². The Bertz CT molecular complexity index is 161.